The number of nitrogens with one attached hydrogen (secondary N) is 1. The molecule has 1 unspecified atom stereocenters. The van der Waals surface area contributed by atoms with Crippen molar-refractivity contribution in [2.75, 3.05) is 6.54 Å². The highest BCUT2D eigenvalue weighted by Gasteiger charge is 2.10. The predicted octanol–water partition coefficient (Wildman–Crippen LogP) is 3.10. The highest BCUT2D eigenvalue weighted by Crippen LogP contribution is 2.11. The molecule has 1 aromatic heterocycles. The van der Waals surface area contributed by atoms with Gasteiger partial charge in [0.2, 0.25) is 0 Å². The first kappa shape index (κ1) is 15.7. The van der Waals surface area contributed by atoms with E-state index in [-0.39, 0.29) is 5.82 Å². The molecule has 1 atom stereocenters. The second-order valence-electron chi connectivity index (χ2n) is 5.55. The second-order valence-corrected chi connectivity index (χ2v) is 5.55. The summed E-state index contributed by atoms with van der Waals surface area (Å²) in [5.74, 6) is -0.158. The van der Waals surface area contributed by atoms with Gasteiger partial charge in [0.15, 0.2) is 0 Å². The Morgan fingerprint density at radius 1 is 1.33 bits per heavy atom. The molecule has 2 aromatic rings. The second kappa shape index (κ2) is 7.93. The fourth-order valence-electron chi connectivity index (χ4n) is 2.52. The minimum atomic E-state index is -0.158. The standard InChI is InChI=1S/C17H24FN3/c1-3-9-19-17(8-7-15-12-20-21(2)13-15)11-14-5-4-6-16(18)10-14/h4-6,10,12-13,17,19H,3,7-9,11H2,1-2H3. The Balaban J connectivity index is 1.93. The van der Waals surface area contributed by atoms with Gasteiger partial charge in [-0.1, -0.05) is 19.1 Å². The molecule has 4 heteroatoms. The zero-order chi connectivity index (χ0) is 15.1. The van der Waals surface area contributed by atoms with Crippen LogP contribution in [-0.2, 0) is 19.9 Å². The van der Waals surface area contributed by atoms with E-state index >= 15 is 0 Å². The first-order valence-electron chi connectivity index (χ1n) is 7.62. The molecule has 3 nitrogen and oxygen atoms in total. The van der Waals surface area contributed by atoms with Gasteiger partial charge in [-0.2, -0.15) is 5.10 Å². The minimum Gasteiger partial charge on any atom is -0.314 e. The molecule has 0 spiro atoms. The van der Waals surface area contributed by atoms with Crippen LogP contribution in [0.4, 0.5) is 4.39 Å². The normalized spacial score (nSPS) is 12.5. The lowest BCUT2D eigenvalue weighted by atomic mass is 10.00. The van der Waals surface area contributed by atoms with Gasteiger partial charge in [0.1, 0.15) is 5.82 Å². The molecule has 0 saturated heterocycles. The number of nitrogens with zero attached hydrogens (tertiary/aromatic N) is 2. The van der Waals surface area contributed by atoms with E-state index in [0.29, 0.717) is 6.04 Å². The average molecular weight is 289 g/mol. The van der Waals surface area contributed by atoms with Gasteiger partial charge in [0.05, 0.1) is 6.20 Å². The Morgan fingerprint density at radius 2 is 2.19 bits per heavy atom. The zero-order valence-electron chi connectivity index (χ0n) is 12.8. The van der Waals surface area contributed by atoms with Crippen molar-refractivity contribution < 1.29 is 4.39 Å². The third kappa shape index (κ3) is 5.31. The quantitative estimate of drug-likeness (QED) is 0.809. The largest absolute Gasteiger partial charge is 0.314 e. The van der Waals surface area contributed by atoms with Crippen LogP contribution in [0.2, 0.25) is 0 Å². The van der Waals surface area contributed by atoms with Crippen LogP contribution in [0.15, 0.2) is 36.7 Å². The lowest BCUT2D eigenvalue weighted by Crippen LogP contribution is -2.32. The van der Waals surface area contributed by atoms with E-state index in [2.05, 4.69) is 23.5 Å². The van der Waals surface area contributed by atoms with Crippen molar-refractivity contribution in [3.63, 3.8) is 0 Å². The number of aryl methyl sites for hydroxylation is 2. The van der Waals surface area contributed by atoms with E-state index in [4.69, 9.17) is 0 Å². The fraction of sp³-hybridized carbons (Fsp3) is 0.471. The Kier molecular flexibility index (Phi) is 5.93. The average Bonchev–Trinajstić information content (AvgIpc) is 2.87. The summed E-state index contributed by atoms with van der Waals surface area (Å²) in [5.41, 5.74) is 2.30. The molecule has 0 radical (unpaired) electrons. The summed E-state index contributed by atoms with van der Waals surface area (Å²) in [6, 6.07) is 7.27. The van der Waals surface area contributed by atoms with E-state index in [1.54, 1.807) is 12.1 Å². The molecule has 0 aliphatic carbocycles. The van der Waals surface area contributed by atoms with Crippen molar-refractivity contribution in [3.05, 3.63) is 53.6 Å². The van der Waals surface area contributed by atoms with Gasteiger partial charge >= 0.3 is 0 Å². The number of rotatable bonds is 8. The molecule has 0 saturated carbocycles. The third-order valence-corrected chi connectivity index (χ3v) is 3.59. The summed E-state index contributed by atoms with van der Waals surface area (Å²) >= 11 is 0. The van der Waals surface area contributed by atoms with Gasteiger partial charge < -0.3 is 5.32 Å². The molecule has 0 bridgehead atoms. The molecular weight excluding hydrogens is 265 g/mol. The Hall–Kier alpha value is -1.68. The lowest BCUT2D eigenvalue weighted by molar-refractivity contribution is 0.476. The maximum atomic E-state index is 13.3. The molecule has 0 aliphatic heterocycles. The number of hydrogen-bond acceptors (Lipinski definition) is 2. The van der Waals surface area contributed by atoms with E-state index in [1.165, 1.54) is 11.6 Å². The van der Waals surface area contributed by atoms with Crippen LogP contribution < -0.4 is 5.32 Å². The van der Waals surface area contributed by atoms with Crippen molar-refractivity contribution in [2.24, 2.45) is 7.05 Å². The molecule has 2 rings (SSSR count). The molecule has 21 heavy (non-hydrogen) atoms. The highest BCUT2D eigenvalue weighted by molar-refractivity contribution is 5.17. The van der Waals surface area contributed by atoms with Crippen molar-refractivity contribution in [1.29, 1.82) is 0 Å². The van der Waals surface area contributed by atoms with Crippen molar-refractivity contribution in [1.82, 2.24) is 15.1 Å². The highest BCUT2D eigenvalue weighted by atomic mass is 19.1. The molecule has 0 amide bonds. The minimum absolute atomic E-state index is 0.158. The SMILES string of the molecule is CCCNC(CCc1cnn(C)c1)Cc1cccc(F)c1. The van der Waals surface area contributed by atoms with Gasteiger partial charge in [0, 0.05) is 19.3 Å². The third-order valence-electron chi connectivity index (χ3n) is 3.59. The van der Waals surface area contributed by atoms with Crippen LogP contribution in [0.25, 0.3) is 0 Å². The van der Waals surface area contributed by atoms with E-state index in [9.17, 15) is 4.39 Å². The van der Waals surface area contributed by atoms with Crippen LogP contribution >= 0.6 is 0 Å². The number of aromatic nitrogens is 2. The van der Waals surface area contributed by atoms with Gasteiger partial charge in [-0.3, -0.25) is 4.68 Å². The van der Waals surface area contributed by atoms with Crippen molar-refractivity contribution in [2.45, 2.75) is 38.6 Å². The summed E-state index contributed by atoms with van der Waals surface area (Å²) < 4.78 is 15.1. The van der Waals surface area contributed by atoms with E-state index < -0.39 is 0 Å². The Morgan fingerprint density at radius 3 is 2.86 bits per heavy atom. The van der Waals surface area contributed by atoms with Gasteiger partial charge in [0.25, 0.3) is 0 Å². The summed E-state index contributed by atoms with van der Waals surface area (Å²) in [6.45, 7) is 3.15. The summed E-state index contributed by atoms with van der Waals surface area (Å²) in [5, 5.41) is 7.76. The van der Waals surface area contributed by atoms with E-state index in [1.807, 2.05) is 24.0 Å². The molecule has 0 fully saturated rings. The lowest BCUT2D eigenvalue weighted by Gasteiger charge is -2.18. The van der Waals surface area contributed by atoms with Gasteiger partial charge in [-0.05, 0) is 55.5 Å². The first-order chi connectivity index (χ1) is 10.2. The van der Waals surface area contributed by atoms with Crippen LogP contribution in [0.1, 0.15) is 30.9 Å². The number of hydrogen-bond donors (Lipinski definition) is 1. The Labute approximate surface area is 126 Å². The maximum Gasteiger partial charge on any atom is 0.123 e. The predicted molar refractivity (Wildman–Crippen MR) is 83.7 cm³/mol. The van der Waals surface area contributed by atoms with Crippen LogP contribution in [0, 0.1) is 5.82 Å². The summed E-state index contributed by atoms with van der Waals surface area (Å²) in [4.78, 5) is 0. The smallest absolute Gasteiger partial charge is 0.123 e. The molecule has 1 N–H and O–H groups in total. The van der Waals surface area contributed by atoms with Crippen molar-refractivity contribution in [3.8, 4) is 0 Å². The topological polar surface area (TPSA) is 29.9 Å². The van der Waals surface area contributed by atoms with Crippen LogP contribution in [0.5, 0.6) is 0 Å². The van der Waals surface area contributed by atoms with E-state index in [0.717, 1.165) is 37.8 Å². The first-order valence-corrected chi connectivity index (χ1v) is 7.62. The molecule has 114 valence electrons. The maximum absolute atomic E-state index is 13.3. The molecule has 1 aromatic carbocycles. The summed E-state index contributed by atoms with van der Waals surface area (Å²) in [6.07, 6.45) is 7.95. The molecule has 1 heterocycles. The molecular formula is C17H24FN3. The fourth-order valence-corrected chi connectivity index (χ4v) is 2.52. The van der Waals surface area contributed by atoms with Gasteiger partial charge in [-0.15, -0.1) is 0 Å². The number of halogens is 1. The van der Waals surface area contributed by atoms with Crippen LogP contribution in [-0.4, -0.2) is 22.4 Å². The monoisotopic (exact) mass is 289 g/mol. The van der Waals surface area contributed by atoms with Gasteiger partial charge in [-0.25, -0.2) is 4.39 Å². The Bertz CT molecular complexity index is 550. The number of benzene rings is 1. The zero-order valence-corrected chi connectivity index (χ0v) is 12.8. The van der Waals surface area contributed by atoms with Crippen LogP contribution in [0.3, 0.4) is 0 Å². The summed E-state index contributed by atoms with van der Waals surface area (Å²) in [7, 11) is 1.93. The molecule has 0 aliphatic rings. The van der Waals surface area contributed by atoms with Crippen molar-refractivity contribution >= 4 is 0 Å².